The Balaban J connectivity index is 1.00. The number of hydrogen-bond donors (Lipinski definition) is 1. The maximum Gasteiger partial charge on any atom is 0.242 e. The van der Waals surface area contributed by atoms with Crippen LogP contribution in [-0.2, 0) is 19.3 Å². The zero-order valence-corrected chi connectivity index (χ0v) is 19.9. The lowest BCUT2D eigenvalue weighted by Gasteiger charge is -2.57. The fourth-order valence-electron chi connectivity index (χ4n) is 8.00. The van der Waals surface area contributed by atoms with Gasteiger partial charge < -0.3 is 15.4 Å². The number of nitrogens with two attached hydrogens (primary N) is 1. The Bertz CT molecular complexity index is 706. The molecule has 0 radical (unpaired) electrons. The molecule has 5 aliphatic carbocycles. The maximum absolute atomic E-state index is 12.4. The van der Waals surface area contributed by atoms with E-state index in [-0.39, 0.29) is 5.91 Å². The summed E-state index contributed by atoms with van der Waals surface area (Å²) < 4.78 is 6.85. The van der Waals surface area contributed by atoms with E-state index in [1.165, 1.54) is 32.1 Å². The van der Waals surface area contributed by atoms with E-state index in [9.17, 15) is 4.79 Å². The van der Waals surface area contributed by atoms with Crippen LogP contribution in [0.25, 0.3) is 0 Å². The standard InChI is InChI=1S/C25H41N3O4/c1-23(2,26)22(29)28-9-7-27(8-10-28)16-17-3-5-24(6-4-17)30-25(32-31-24)20-12-18-11-19(14-20)15-21(25)13-18/h17-21H,3-16,26H2,1-2H3/t17-,18?,19?,20?,21?,24+,25-. The van der Waals surface area contributed by atoms with Crippen molar-refractivity contribution in [3.8, 4) is 0 Å². The fraction of sp³-hybridized carbons (Fsp3) is 0.960. The molecule has 5 saturated carbocycles. The van der Waals surface area contributed by atoms with Crippen LogP contribution in [0.1, 0.15) is 71.6 Å². The smallest absolute Gasteiger partial charge is 0.242 e. The number of ether oxygens (including phenoxy) is 1. The summed E-state index contributed by atoms with van der Waals surface area (Å²) in [4.78, 5) is 29.1. The summed E-state index contributed by atoms with van der Waals surface area (Å²) in [6.45, 7) is 8.13. The molecule has 1 amide bonds. The number of hydrogen-bond acceptors (Lipinski definition) is 6. The summed E-state index contributed by atoms with van der Waals surface area (Å²) in [5.41, 5.74) is 5.22. The third kappa shape index (κ3) is 3.63. The topological polar surface area (TPSA) is 77.3 Å². The molecule has 7 heteroatoms. The maximum atomic E-state index is 12.4. The van der Waals surface area contributed by atoms with Crippen LogP contribution in [0.2, 0.25) is 0 Å². The molecule has 7 aliphatic rings. The van der Waals surface area contributed by atoms with Gasteiger partial charge in [0.25, 0.3) is 0 Å². The summed E-state index contributed by atoms with van der Waals surface area (Å²) in [5.74, 6) is 2.64. The molecular formula is C25H41N3O4. The monoisotopic (exact) mass is 447 g/mol. The molecule has 180 valence electrons. The minimum atomic E-state index is -0.780. The molecule has 32 heavy (non-hydrogen) atoms. The van der Waals surface area contributed by atoms with Gasteiger partial charge in [-0.25, -0.2) is 0 Å². The van der Waals surface area contributed by atoms with Crippen molar-refractivity contribution in [1.29, 1.82) is 0 Å². The molecule has 2 spiro atoms. The first-order valence-corrected chi connectivity index (χ1v) is 13.1. The van der Waals surface area contributed by atoms with E-state index in [2.05, 4.69) is 4.90 Å². The first-order chi connectivity index (χ1) is 15.2. The molecular weight excluding hydrogens is 406 g/mol. The highest BCUT2D eigenvalue weighted by atomic mass is 17.3. The number of amides is 1. The van der Waals surface area contributed by atoms with Crippen molar-refractivity contribution in [2.75, 3.05) is 32.7 Å². The van der Waals surface area contributed by atoms with Crippen molar-refractivity contribution < 1.29 is 19.3 Å². The highest BCUT2D eigenvalue weighted by Gasteiger charge is 2.66. The minimum Gasteiger partial charge on any atom is -0.339 e. The molecule has 4 bridgehead atoms. The molecule has 0 aromatic rings. The normalized spacial score (nSPS) is 46.5. The number of carbonyl (C=O) groups is 1. The molecule has 0 atom stereocenters. The van der Waals surface area contributed by atoms with E-state index >= 15 is 0 Å². The average Bonchev–Trinajstić information content (AvgIpc) is 3.13. The van der Waals surface area contributed by atoms with Crippen molar-refractivity contribution >= 4 is 5.91 Å². The first-order valence-electron chi connectivity index (χ1n) is 13.1. The summed E-state index contributed by atoms with van der Waals surface area (Å²) in [6, 6.07) is 0. The van der Waals surface area contributed by atoms with Crippen LogP contribution in [-0.4, -0.2) is 65.5 Å². The Morgan fingerprint density at radius 1 is 0.938 bits per heavy atom. The van der Waals surface area contributed by atoms with Gasteiger partial charge in [0.2, 0.25) is 17.5 Å². The van der Waals surface area contributed by atoms with Gasteiger partial charge in [0, 0.05) is 57.4 Å². The quantitative estimate of drug-likeness (QED) is 0.671. The van der Waals surface area contributed by atoms with Gasteiger partial charge in [0.05, 0.1) is 5.54 Å². The van der Waals surface area contributed by atoms with E-state index in [1.807, 2.05) is 4.90 Å². The second kappa shape index (κ2) is 7.64. The second-order valence-electron chi connectivity index (χ2n) is 12.5. The Labute approximate surface area is 192 Å². The van der Waals surface area contributed by atoms with Gasteiger partial charge in [-0.2, -0.15) is 9.78 Å². The van der Waals surface area contributed by atoms with Crippen LogP contribution in [0.4, 0.5) is 0 Å². The third-order valence-corrected chi connectivity index (χ3v) is 9.54. The van der Waals surface area contributed by atoms with Crippen LogP contribution in [0, 0.1) is 29.6 Å². The predicted molar refractivity (Wildman–Crippen MR) is 119 cm³/mol. The molecule has 0 unspecified atom stereocenters. The minimum absolute atomic E-state index is 0.0611. The van der Waals surface area contributed by atoms with Crippen molar-refractivity contribution in [2.45, 2.75) is 88.7 Å². The molecule has 7 fully saturated rings. The number of nitrogens with zero attached hydrogens (tertiary/aromatic N) is 2. The Kier molecular flexibility index (Phi) is 5.20. The van der Waals surface area contributed by atoms with Crippen molar-refractivity contribution in [2.24, 2.45) is 35.3 Å². The average molecular weight is 448 g/mol. The number of carbonyl (C=O) groups excluding carboxylic acids is 1. The van der Waals surface area contributed by atoms with Crippen LogP contribution in [0.3, 0.4) is 0 Å². The van der Waals surface area contributed by atoms with Crippen LogP contribution in [0.15, 0.2) is 0 Å². The molecule has 0 aromatic heterocycles. The summed E-state index contributed by atoms with van der Waals surface area (Å²) in [7, 11) is 0. The van der Waals surface area contributed by atoms with Crippen molar-refractivity contribution in [3.05, 3.63) is 0 Å². The van der Waals surface area contributed by atoms with Gasteiger partial charge in [-0.05, 0) is 76.5 Å². The van der Waals surface area contributed by atoms with Crippen LogP contribution >= 0.6 is 0 Å². The Hall–Kier alpha value is -0.730. The molecule has 2 N–H and O–H groups in total. The zero-order valence-electron chi connectivity index (χ0n) is 19.9. The number of rotatable bonds is 3. The fourth-order valence-corrected chi connectivity index (χ4v) is 8.00. The number of piperazine rings is 1. The van der Waals surface area contributed by atoms with E-state index < -0.39 is 17.1 Å². The van der Waals surface area contributed by atoms with Gasteiger partial charge in [-0.3, -0.25) is 9.69 Å². The van der Waals surface area contributed by atoms with Gasteiger partial charge in [-0.15, -0.1) is 0 Å². The largest absolute Gasteiger partial charge is 0.339 e. The lowest BCUT2D eigenvalue weighted by atomic mass is 9.53. The van der Waals surface area contributed by atoms with Gasteiger partial charge in [-0.1, -0.05) is 0 Å². The molecule has 7 nitrogen and oxygen atoms in total. The predicted octanol–water partition coefficient (Wildman–Crippen LogP) is 2.89. The van der Waals surface area contributed by atoms with E-state index in [1.54, 1.807) is 13.8 Å². The highest BCUT2D eigenvalue weighted by molar-refractivity contribution is 5.85. The third-order valence-electron chi connectivity index (χ3n) is 9.54. The van der Waals surface area contributed by atoms with Crippen LogP contribution < -0.4 is 5.73 Å². The molecule has 2 aliphatic heterocycles. The molecule has 7 rings (SSSR count). The summed E-state index contributed by atoms with van der Waals surface area (Å²) >= 11 is 0. The second-order valence-corrected chi connectivity index (χ2v) is 12.5. The van der Waals surface area contributed by atoms with E-state index in [0.717, 1.165) is 70.2 Å². The van der Waals surface area contributed by atoms with Crippen LogP contribution in [0.5, 0.6) is 0 Å². The van der Waals surface area contributed by atoms with Gasteiger partial charge >= 0.3 is 0 Å². The first kappa shape index (κ1) is 21.8. The van der Waals surface area contributed by atoms with E-state index in [4.69, 9.17) is 20.2 Å². The zero-order chi connectivity index (χ0) is 22.1. The SMILES string of the molecule is CC(C)(N)C(=O)N1CCN(C[C@H]2CC[C@]3(CC2)OO[C@]2(O3)C3CC4CC(C3)CC2C4)CC1. The summed E-state index contributed by atoms with van der Waals surface area (Å²) in [6.07, 6.45) is 10.6. The van der Waals surface area contributed by atoms with Crippen molar-refractivity contribution in [3.63, 3.8) is 0 Å². The Morgan fingerprint density at radius 3 is 2.09 bits per heavy atom. The summed E-state index contributed by atoms with van der Waals surface area (Å²) in [5, 5.41) is 0. The molecule has 0 aromatic carbocycles. The van der Waals surface area contributed by atoms with Crippen molar-refractivity contribution in [1.82, 2.24) is 9.80 Å². The lowest BCUT2D eigenvalue weighted by Crippen LogP contribution is -2.59. The van der Waals surface area contributed by atoms with Gasteiger partial charge in [0.15, 0.2) is 0 Å². The lowest BCUT2D eigenvalue weighted by molar-refractivity contribution is -0.390. The van der Waals surface area contributed by atoms with E-state index in [0.29, 0.717) is 17.8 Å². The highest BCUT2D eigenvalue weighted by Crippen LogP contribution is 2.63. The Morgan fingerprint density at radius 2 is 1.53 bits per heavy atom. The molecule has 2 heterocycles. The van der Waals surface area contributed by atoms with Gasteiger partial charge in [0.1, 0.15) is 0 Å². The molecule has 2 saturated heterocycles.